The van der Waals surface area contributed by atoms with Gasteiger partial charge < -0.3 is 25.7 Å². The van der Waals surface area contributed by atoms with Gasteiger partial charge in [-0.15, -0.1) is 0 Å². The summed E-state index contributed by atoms with van der Waals surface area (Å²) in [5.74, 6) is -0.799. The maximum atomic E-state index is 13.1. The predicted octanol–water partition coefficient (Wildman–Crippen LogP) is 2.90. The van der Waals surface area contributed by atoms with Crippen LogP contribution in [0.3, 0.4) is 0 Å². The van der Waals surface area contributed by atoms with Crippen molar-refractivity contribution in [1.29, 1.82) is 5.26 Å². The Bertz CT molecular complexity index is 1130. The molecule has 9 nitrogen and oxygen atoms in total. The number of aromatic nitrogens is 1. The number of rotatable bonds is 8. The number of nitrogens with one attached hydrogen (secondary N) is 4. The maximum absolute atomic E-state index is 13.1. The van der Waals surface area contributed by atoms with E-state index in [4.69, 9.17) is 16.3 Å². The molecule has 2 heterocycles. The number of nitriles is 1. The number of carbonyl (C=O) groups excluding carboxylic acids is 3. The molecule has 1 aliphatic rings. The van der Waals surface area contributed by atoms with Crippen LogP contribution < -0.4 is 20.7 Å². The fraction of sp³-hybridized carbons (Fsp3) is 0.500. The van der Waals surface area contributed by atoms with Gasteiger partial charge in [-0.25, -0.2) is 0 Å². The quantitative estimate of drug-likeness (QED) is 0.454. The molecule has 3 rings (SSSR count). The fourth-order valence-corrected chi connectivity index (χ4v) is 4.31. The van der Waals surface area contributed by atoms with Gasteiger partial charge >= 0.3 is 0 Å². The minimum Gasteiger partial charge on any atom is -0.497 e. The van der Waals surface area contributed by atoms with E-state index in [1.54, 1.807) is 18.2 Å². The first-order valence-electron chi connectivity index (χ1n) is 11.2. The van der Waals surface area contributed by atoms with Crippen LogP contribution in [0.25, 0.3) is 10.9 Å². The van der Waals surface area contributed by atoms with Gasteiger partial charge in [0.1, 0.15) is 23.5 Å². The molecule has 3 amide bonds. The van der Waals surface area contributed by atoms with Gasteiger partial charge in [0.25, 0.3) is 5.91 Å². The topological polar surface area (TPSA) is 136 Å². The van der Waals surface area contributed by atoms with Crippen molar-refractivity contribution in [2.45, 2.75) is 52.1 Å². The highest BCUT2D eigenvalue weighted by Crippen LogP contribution is 2.29. The molecule has 0 spiro atoms. The second kappa shape index (κ2) is 10.3. The molecule has 2 aromatic rings. The summed E-state index contributed by atoms with van der Waals surface area (Å²) in [4.78, 5) is 41.0. The number of fused-ring (bicyclic) bond motifs is 1. The standard InChI is InChI=1S/C24H30ClN5O4/c1-24(2,3)11-19(23(33)28-15(12-26)7-13-5-6-27-21(13)31)30-22(32)18-9-14-8-16(34-4)10-17(25)20(14)29-18/h8-10,13,15,19,29H,5-7,11H2,1-4H3,(H,27,31)(H,28,33)(H,30,32)/t13-,15-,19-/m0/s1. The number of nitrogens with zero attached hydrogens (tertiary/aromatic N) is 1. The lowest BCUT2D eigenvalue weighted by molar-refractivity contribution is -0.125. The Morgan fingerprint density at radius 2 is 2.03 bits per heavy atom. The fourth-order valence-electron chi connectivity index (χ4n) is 4.04. The Labute approximate surface area is 203 Å². The number of halogens is 1. The first kappa shape index (κ1) is 25.4. The van der Waals surface area contributed by atoms with Gasteiger partial charge in [0.15, 0.2) is 0 Å². The molecule has 4 N–H and O–H groups in total. The monoisotopic (exact) mass is 487 g/mol. The normalized spacial score (nSPS) is 17.5. The van der Waals surface area contributed by atoms with Gasteiger partial charge in [-0.3, -0.25) is 14.4 Å². The van der Waals surface area contributed by atoms with E-state index < -0.39 is 23.9 Å². The number of aromatic amines is 1. The lowest BCUT2D eigenvalue weighted by atomic mass is 9.87. The molecule has 0 radical (unpaired) electrons. The van der Waals surface area contributed by atoms with Crippen LogP contribution in [-0.4, -0.2) is 48.4 Å². The highest BCUT2D eigenvalue weighted by atomic mass is 35.5. The summed E-state index contributed by atoms with van der Waals surface area (Å²) in [5, 5.41) is 18.9. The Balaban J connectivity index is 1.76. The minimum absolute atomic E-state index is 0.108. The SMILES string of the molecule is COc1cc(Cl)c2[nH]c(C(=O)N[C@@H](CC(C)(C)C)C(=O)N[C@H](C#N)C[C@@H]3CCNC3=O)cc2c1. The van der Waals surface area contributed by atoms with Crippen LogP contribution in [-0.2, 0) is 9.59 Å². The van der Waals surface area contributed by atoms with Gasteiger partial charge in [-0.05, 0) is 36.8 Å². The van der Waals surface area contributed by atoms with E-state index in [1.165, 1.54) is 7.11 Å². The summed E-state index contributed by atoms with van der Waals surface area (Å²) < 4.78 is 5.22. The van der Waals surface area contributed by atoms with Crippen molar-refractivity contribution in [3.05, 3.63) is 28.9 Å². The number of hydrogen-bond donors (Lipinski definition) is 4. The van der Waals surface area contributed by atoms with Crippen molar-refractivity contribution >= 4 is 40.2 Å². The van der Waals surface area contributed by atoms with Crippen molar-refractivity contribution in [2.24, 2.45) is 11.3 Å². The summed E-state index contributed by atoms with van der Waals surface area (Å²) in [5.41, 5.74) is 0.556. The second-order valence-corrected chi connectivity index (χ2v) is 10.2. The number of ether oxygens (including phenoxy) is 1. The van der Waals surface area contributed by atoms with Gasteiger partial charge in [0.05, 0.1) is 23.7 Å². The predicted molar refractivity (Wildman–Crippen MR) is 128 cm³/mol. The summed E-state index contributed by atoms with van der Waals surface area (Å²) in [6.07, 6.45) is 1.21. The summed E-state index contributed by atoms with van der Waals surface area (Å²) >= 11 is 6.29. The molecule has 0 saturated carbocycles. The Hall–Kier alpha value is -3.25. The molecule has 3 atom stereocenters. The third kappa shape index (κ3) is 6.20. The molecule has 182 valence electrons. The van der Waals surface area contributed by atoms with Crippen LogP contribution in [0.1, 0.15) is 50.5 Å². The van der Waals surface area contributed by atoms with E-state index in [1.807, 2.05) is 20.8 Å². The lowest BCUT2D eigenvalue weighted by Gasteiger charge is -2.27. The smallest absolute Gasteiger partial charge is 0.268 e. The van der Waals surface area contributed by atoms with Crippen molar-refractivity contribution in [3.63, 3.8) is 0 Å². The molecule has 34 heavy (non-hydrogen) atoms. The van der Waals surface area contributed by atoms with E-state index in [-0.39, 0.29) is 29.4 Å². The Kier molecular flexibility index (Phi) is 7.72. The van der Waals surface area contributed by atoms with Crippen LogP contribution >= 0.6 is 11.6 Å². The number of benzene rings is 1. The molecule has 1 aliphatic heterocycles. The van der Waals surface area contributed by atoms with E-state index in [0.29, 0.717) is 41.1 Å². The molecular weight excluding hydrogens is 458 g/mol. The largest absolute Gasteiger partial charge is 0.497 e. The van der Waals surface area contributed by atoms with Crippen molar-refractivity contribution in [1.82, 2.24) is 20.9 Å². The molecule has 0 unspecified atom stereocenters. The zero-order valence-electron chi connectivity index (χ0n) is 19.8. The van der Waals surface area contributed by atoms with Crippen LogP contribution in [0.4, 0.5) is 0 Å². The highest BCUT2D eigenvalue weighted by molar-refractivity contribution is 6.35. The van der Waals surface area contributed by atoms with Crippen LogP contribution in [0.5, 0.6) is 5.75 Å². The molecule has 1 aromatic heterocycles. The number of H-pyrrole nitrogens is 1. The molecule has 0 bridgehead atoms. The number of amides is 3. The third-order valence-electron chi connectivity index (χ3n) is 5.73. The summed E-state index contributed by atoms with van der Waals surface area (Å²) in [6, 6.07) is 5.39. The van der Waals surface area contributed by atoms with Crippen molar-refractivity contribution in [2.75, 3.05) is 13.7 Å². The van der Waals surface area contributed by atoms with Crippen molar-refractivity contribution < 1.29 is 19.1 Å². The van der Waals surface area contributed by atoms with E-state index in [9.17, 15) is 19.6 Å². The van der Waals surface area contributed by atoms with Crippen molar-refractivity contribution in [3.8, 4) is 11.8 Å². The second-order valence-electron chi connectivity index (χ2n) is 9.75. The average molecular weight is 488 g/mol. The summed E-state index contributed by atoms with van der Waals surface area (Å²) in [7, 11) is 1.53. The molecular formula is C24H30ClN5O4. The molecule has 10 heteroatoms. The number of carbonyl (C=O) groups is 3. The van der Waals surface area contributed by atoms with Crippen LogP contribution in [0.15, 0.2) is 18.2 Å². The van der Waals surface area contributed by atoms with E-state index in [0.717, 1.165) is 0 Å². The van der Waals surface area contributed by atoms with E-state index >= 15 is 0 Å². The van der Waals surface area contributed by atoms with E-state index in [2.05, 4.69) is 27.0 Å². The molecule has 1 aromatic carbocycles. The number of hydrogen-bond acceptors (Lipinski definition) is 5. The third-order valence-corrected chi connectivity index (χ3v) is 6.03. The highest BCUT2D eigenvalue weighted by Gasteiger charge is 2.32. The Morgan fingerprint density at radius 3 is 2.62 bits per heavy atom. The van der Waals surface area contributed by atoms with Crippen LogP contribution in [0.2, 0.25) is 5.02 Å². The van der Waals surface area contributed by atoms with Gasteiger partial charge in [-0.1, -0.05) is 32.4 Å². The zero-order chi connectivity index (χ0) is 25.0. The summed E-state index contributed by atoms with van der Waals surface area (Å²) in [6.45, 7) is 6.44. The Morgan fingerprint density at radius 1 is 1.29 bits per heavy atom. The first-order chi connectivity index (χ1) is 16.0. The lowest BCUT2D eigenvalue weighted by Crippen LogP contribution is -2.51. The zero-order valence-corrected chi connectivity index (χ0v) is 20.5. The average Bonchev–Trinajstić information content (AvgIpc) is 3.38. The maximum Gasteiger partial charge on any atom is 0.268 e. The van der Waals surface area contributed by atoms with Gasteiger partial charge in [0, 0.05) is 23.9 Å². The first-order valence-corrected chi connectivity index (χ1v) is 11.5. The van der Waals surface area contributed by atoms with Gasteiger partial charge in [0.2, 0.25) is 11.8 Å². The molecule has 1 fully saturated rings. The molecule has 1 saturated heterocycles. The molecule has 0 aliphatic carbocycles. The van der Waals surface area contributed by atoms with Gasteiger partial charge in [-0.2, -0.15) is 5.26 Å². The number of methoxy groups -OCH3 is 1. The minimum atomic E-state index is -0.878. The van der Waals surface area contributed by atoms with Crippen LogP contribution in [0, 0.1) is 22.7 Å².